The van der Waals surface area contributed by atoms with Crippen molar-refractivity contribution in [3.63, 3.8) is 0 Å². The van der Waals surface area contributed by atoms with Crippen molar-refractivity contribution in [2.45, 2.75) is 6.92 Å². The molecule has 2 N–H and O–H groups in total. The van der Waals surface area contributed by atoms with Gasteiger partial charge in [0, 0.05) is 17.8 Å². The summed E-state index contributed by atoms with van der Waals surface area (Å²) in [6.45, 7) is 1.76. The summed E-state index contributed by atoms with van der Waals surface area (Å²) in [7, 11) is 0.966. The Hall–Kier alpha value is -3.45. The monoisotopic (exact) mass is 372 g/mol. The molecule has 0 saturated heterocycles. The van der Waals surface area contributed by atoms with Crippen LogP contribution in [-0.2, 0) is 9.59 Å². The lowest BCUT2D eigenvalue weighted by Gasteiger charge is -2.23. The van der Waals surface area contributed by atoms with Gasteiger partial charge in [-0.2, -0.15) is 0 Å². The molecule has 2 amide bonds. The van der Waals surface area contributed by atoms with Gasteiger partial charge < -0.3 is 5.02 Å². The van der Waals surface area contributed by atoms with Crippen molar-refractivity contribution in [1.82, 2.24) is 10.4 Å². The summed E-state index contributed by atoms with van der Waals surface area (Å²) in [6, 6.07) is 14.4. The minimum Gasteiger partial charge on any atom is -0.450 e. The maximum atomic E-state index is 12.9. The van der Waals surface area contributed by atoms with Crippen LogP contribution in [0.25, 0.3) is 16.8 Å². The summed E-state index contributed by atoms with van der Waals surface area (Å²) in [5.41, 5.74) is 4.51. The molecule has 139 valence electrons. The molecule has 0 bridgehead atoms. The quantitative estimate of drug-likeness (QED) is 0.377. The largest absolute Gasteiger partial charge is 0.450 e. The van der Waals surface area contributed by atoms with Crippen LogP contribution in [0.3, 0.4) is 0 Å². The Labute approximate surface area is 163 Å². The highest BCUT2D eigenvalue weighted by molar-refractivity contribution is 6.45. The lowest BCUT2D eigenvalue weighted by Crippen LogP contribution is -2.44. The van der Waals surface area contributed by atoms with E-state index < -0.39 is 5.92 Å². The van der Waals surface area contributed by atoms with Gasteiger partial charge >= 0.3 is 7.48 Å². The Morgan fingerprint density at radius 1 is 1.21 bits per heavy atom. The highest BCUT2D eigenvalue weighted by atomic mass is 16.2. The van der Waals surface area contributed by atoms with Gasteiger partial charge in [-0.1, -0.05) is 47.9 Å². The molecule has 1 heterocycles. The van der Waals surface area contributed by atoms with Gasteiger partial charge in [0.15, 0.2) is 0 Å². The number of benzene rings is 2. The predicted octanol–water partition coefficient (Wildman–Crippen LogP) is 1.82. The molecule has 0 spiro atoms. The van der Waals surface area contributed by atoms with Crippen molar-refractivity contribution >= 4 is 47.8 Å². The van der Waals surface area contributed by atoms with Crippen LogP contribution in [0.4, 0.5) is 5.69 Å². The molecule has 0 saturated carbocycles. The molecule has 3 aromatic rings. The maximum absolute atomic E-state index is 12.9. The Morgan fingerprint density at radius 2 is 2.00 bits per heavy atom. The van der Waals surface area contributed by atoms with E-state index in [0.29, 0.717) is 17.6 Å². The molecule has 1 atom stereocenters. The van der Waals surface area contributed by atoms with Crippen LogP contribution in [0.5, 0.6) is 0 Å². The number of hydrogen-bond acceptors (Lipinski definition) is 4. The van der Waals surface area contributed by atoms with Crippen molar-refractivity contribution in [2.24, 2.45) is 5.92 Å². The van der Waals surface area contributed by atoms with E-state index in [-0.39, 0.29) is 5.91 Å². The van der Waals surface area contributed by atoms with Crippen LogP contribution < -0.4 is 15.9 Å². The average molecular weight is 372 g/mol. The minimum atomic E-state index is -0.478. The van der Waals surface area contributed by atoms with Gasteiger partial charge in [0.1, 0.15) is 0 Å². The van der Waals surface area contributed by atoms with E-state index in [1.54, 1.807) is 49.7 Å². The maximum Gasteiger partial charge on any atom is 0.326 e. The van der Waals surface area contributed by atoms with Crippen molar-refractivity contribution in [3.05, 3.63) is 72.6 Å². The Bertz CT molecular complexity index is 1000. The number of hydrazine groups is 1. The molecule has 6 nitrogen and oxygen atoms in total. The lowest BCUT2D eigenvalue weighted by atomic mass is 9.89. The van der Waals surface area contributed by atoms with Gasteiger partial charge in [0.25, 0.3) is 5.91 Å². The average Bonchev–Trinajstić information content (AvgIpc) is 2.75. The first kappa shape index (κ1) is 19.3. The van der Waals surface area contributed by atoms with Gasteiger partial charge in [-0.15, -0.1) is 0 Å². The SMILES string of the molecule is CC(C=Cc1cccc2cnccc12)C(=O)N(NC=O)c1ccc([B]O)cc1. The summed E-state index contributed by atoms with van der Waals surface area (Å²) in [5.74, 6) is -0.764. The number of nitrogens with one attached hydrogen (secondary N) is 1. The Morgan fingerprint density at radius 3 is 2.71 bits per heavy atom. The first-order valence-corrected chi connectivity index (χ1v) is 8.76. The zero-order chi connectivity index (χ0) is 19.9. The third-order valence-corrected chi connectivity index (χ3v) is 4.37. The molecule has 1 aromatic heterocycles. The van der Waals surface area contributed by atoms with Gasteiger partial charge in [0.05, 0.1) is 11.6 Å². The number of amides is 2. The fourth-order valence-electron chi connectivity index (χ4n) is 2.85. The Balaban J connectivity index is 1.82. The van der Waals surface area contributed by atoms with E-state index in [1.807, 2.05) is 30.3 Å². The Kier molecular flexibility index (Phi) is 6.19. The van der Waals surface area contributed by atoms with Crippen LogP contribution in [0.2, 0.25) is 0 Å². The van der Waals surface area contributed by atoms with E-state index in [9.17, 15) is 9.59 Å². The molecule has 7 heteroatoms. The standard InChI is InChI=1S/C21H19BN3O3/c1-15(5-6-16-3-2-4-17-13-23-12-11-20(16)17)21(27)25(24-14-26)19-9-7-18(22-28)8-10-19/h2-15,28H,1H3,(H,24,26). The summed E-state index contributed by atoms with van der Waals surface area (Å²) in [4.78, 5) is 28.0. The molecule has 0 aliphatic rings. The second-order valence-electron chi connectivity index (χ2n) is 6.23. The van der Waals surface area contributed by atoms with Gasteiger partial charge in [-0.3, -0.25) is 20.0 Å². The normalized spacial score (nSPS) is 11.9. The minimum absolute atomic E-state index is 0.286. The number of nitrogens with zero attached hydrogens (tertiary/aromatic N) is 2. The van der Waals surface area contributed by atoms with Crippen LogP contribution in [0, 0.1) is 5.92 Å². The summed E-state index contributed by atoms with van der Waals surface area (Å²) >= 11 is 0. The number of rotatable bonds is 7. The van der Waals surface area contributed by atoms with Gasteiger partial charge in [0.2, 0.25) is 6.41 Å². The van der Waals surface area contributed by atoms with Gasteiger partial charge in [-0.05, 0) is 36.1 Å². The second-order valence-corrected chi connectivity index (χ2v) is 6.23. The van der Waals surface area contributed by atoms with E-state index in [4.69, 9.17) is 5.02 Å². The fourth-order valence-corrected chi connectivity index (χ4v) is 2.85. The van der Waals surface area contributed by atoms with Crippen molar-refractivity contribution in [2.75, 3.05) is 5.01 Å². The van der Waals surface area contributed by atoms with Crippen LogP contribution in [0.1, 0.15) is 12.5 Å². The van der Waals surface area contributed by atoms with E-state index in [1.165, 1.54) is 5.01 Å². The first-order chi connectivity index (χ1) is 13.6. The number of carbonyl (C=O) groups excluding carboxylic acids is 2. The number of hydrogen-bond donors (Lipinski definition) is 2. The van der Waals surface area contributed by atoms with Crippen molar-refractivity contribution in [3.8, 4) is 0 Å². The fraction of sp³-hybridized carbons (Fsp3) is 0.0952. The zero-order valence-corrected chi connectivity index (χ0v) is 15.3. The van der Waals surface area contributed by atoms with E-state index in [2.05, 4.69) is 10.4 Å². The number of carbonyl (C=O) groups is 2. The van der Waals surface area contributed by atoms with E-state index in [0.717, 1.165) is 23.8 Å². The molecule has 1 radical (unpaired) electrons. The molecule has 0 aliphatic carbocycles. The topological polar surface area (TPSA) is 82.5 Å². The number of pyridine rings is 1. The molecule has 28 heavy (non-hydrogen) atoms. The number of anilines is 1. The second kappa shape index (κ2) is 8.97. The third-order valence-electron chi connectivity index (χ3n) is 4.37. The van der Waals surface area contributed by atoms with Crippen LogP contribution in [0.15, 0.2) is 67.0 Å². The van der Waals surface area contributed by atoms with Crippen molar-refractivity contribution < 1.29 is 14.6 Å². The highest BCUT2D eigenvalue weighted by Crippen LogP contribution is 2.20. The van der Waals surface area contributed by atoms with E-state index >= 15 is 0 Å². The molecule has 0 aliphatic heterocycles. The third kappa shape index (κ3) is 4.27. The highest BCUT2D eigenvalue weighted by Gasteiger charge is 2.20. The van der Waals surface area contributed by atoms with Crippen LogP contribution in [-0.4, -0.2) is 29.8 Å². The molecule has 2 aromatic carbocycles. The molecular weight excluding hydrogens is 353 g/mol. The number of fused-ring (bicyclic) bond motifs is 1. The summed E-state index contributed by atoms with van der Waals surface area (Å²) in [6.07, 6.45) is 7.68. The van der Waals surface area contributed by atoms with Crippen molar-refractivity contribution in [1.29, 1.82) is 0 Å². The zero-order valence-electron chi connectivity index (χ0n) is 15.3. The van der Waals surface area contributed by atoms with Gasteiger partial charge in [-0.25, -0.2) is 5.01 Å². The molecule has 1 unspecified atom stereocenters. The molecular formula is C21H19BN3O3. The van der Waals surface area contributed by atoms with Crippen LogP contribution >= 0.6 is 0 Å². The molecule has 0 fully saturated rings. The summed E-state index contributed by atoms with van der Waals surface area (Å²) in [5, 5.41) is 12.3. The predicted molar refractivity (Wildman–Crippen MR) is 111 cm³/mol. The first-order valence-electron chi connectivity index (χ1n) is 8.76. The number of aromatic nitrogens is 1. The molecule has 3 rings (SSSR count). The lowest BCUT2D eigenvalue weighted by molar-refractivity contribution is -0.123. The smallest absolute Gasteiger partial charge is 0.326 e. The summed E-state index contributed by atoms with van der Waals surface area (Å²) < 4.78 is 0.